The van der Waals surface area contributed by atoms with Crippen molar-refractivity contribution in [1.29, 1.82) is 0 Å². The van der Waals surface area contributed by atoms with E-state index >= 15 is 0 Å². The highest BCUT2D eigenvalue weighted by Gasteiger charge is 2.30. The van der Waals surface area contributed by atoms with Crippen LogP contribution in [0.5, 0.6) is 0 Å². The third kappa shape index (κ3) is 6.61. The second-order valence-electron chi connectivity index (χ2n) is 9.00. The van der Waals surface area contributed by atoms with Crippen LogP contribution in [0.3, 0.4) is 0 Å². The average molecular weight is 489 g/mol. The molecular weight excluding hydrogens is 457 g/mol. The number of nitrogens with zero attached hydrogens (tertiary/aromatic N) is 2. The van der Waals surface area contributed by atoms with Crippen LogP contribution in [0.2, 0.25) is 0 Å². The molecule has 1 aliphatic rings. The number of fused-ring (bicyclic) bond motifs is 1. The molecule has 1 saturated heterocycles. The second kappa shape index (κ2) is 11.2. The molecule has 2 aromatic carbocycles. The molecule has 188 valence electrons. The minimum Gasteiger partial charge on any atom is -0.432 e. The molecule has 0 bridgehead atoms. The van der Waals surface area contributed by atoms with Gasteiger partial charge in [-0.3, -0.25) is 9.69 Å². The Kier molecular flexibility index (Phi) is 8.07. The van der Waals surface area contributed by atoms with E-state index in [1.165, 1.54) is 17.7 Å². The van der Waals surface area contributed by atoms with Crippen LogP contribution in [0.25, 0.3) is 11.1 Å². The van der Waals surface area contributed by atoms with Gasteiger partial charge >= 0.3 is 12.1 Å². The van der Waals surface area contributed by atoms with E-state index in [4.69, 9.17) is 4.42 Å². The number of oxazole rings is 1. The lowest BCUT2D eigenvalue weighted by Gasteiger charge is -2.22. The van der Waals surface area contributed by atoms with Gasteiger partial charge in [0.25, 0.3) is 5.89 Å². The summed E-state index contributed by atoms with van der Waals surface area (Å²) < 4.78 is 44.1. The highest BCUT2D eigenvalue weighted by atomic mass is 19.4. The number of carbonyl (C=O) groups excluding carboxylic acids is 1. The quantitative estimate of drug-likeness (QED) is 0.446. The van der Waals surface area contributed by atoms with E-state index in [1.54, 1.807) is 0 Å². The zero-order chi connectivity index (χ0) is 24.8. The maximum absolute atomic E-state index is 12.8. The van der Waals surface area contributed by atoms with Gasteiger partial charge in [0.1, 0.15) is 5.52 Å². The number of carbonyl (C=O) groups is 1. The highest BCUT2D eigenvalue weighted by molar-refractivity contribution is 5.92. The smallest absolute Gasteiger partial charge is 0.416 e. The number of piperidine rings is 1. The van der Waals surface area contributed by atoms with Gasteiger partial charge in [-0.05, 0) is 80.2 Å². The third-order valence-corrected chi connectivity index (χ3v) is 6.36. The molecule has 35 heavy (non-hydrogen) atoms. The van der Waals surface area contributed by atoms with E-state index in [-0.39, 0.29) is 11.8 Å². The van der Waals surface area contributed by atoms with E-state index in [2.05, 4.69) is 26.6 Å². The lowest BCUT2D eigenvalue weighted by Crippen LogP contribution is -2.35. The molecule has 0 radical (unpaired) electrons. The molecular formula is C26H31F3N4O2. The monoisotopic (exact) mass is 488 g/mol. The van der Waals surface area contributed by atoms with Gasteiger partial charge in [-0.15, -0.1) is 0 Å². The van der Waals surface area contributed by atoms with Crippen LogP contribution < -0.4 is 10.6 Å². The standard InChI is InChI=1S/C26H31F3N4O2/c1-2-14-33(17-18-3-6-21(7-4-18)26(27,28)29)15-13-31-24(34)25-32-22-8-5-20(16-23(22)35-25)19-9-11-30-12-10-19/h3-8,16,19,30H,2,9-15,17H2,1H3,(H,31,34). The fourth-order valence-corrected chi connectivity index (χ4v) is 4.49. The Labute approximate surface area is 202 Å². The van der Waals surface area contributed by atoms with Crippen LogP contribution >= 0.6 is 0 Å². The molecule has 0 spiro atoms. The molecule has 0 unspecified atom stereocenters. The molecule has 1 aromatic heterocycles. The molecule has 6 nitrogen and oxygen atoms in total. The molecule has 0 atom stereocenters. The van der Waals surface area contributed by atoms with Gasteiger partial charge in [-0.25, -0.2) is 4.98 Å². The van der Waals surface area contributed by atoms with Crippen molar-refractivity contribution in [3.8, 4) is 0 Å². The van der Waals surface area contributed by atoms with Crippen molar-refractivity contribution in [3.05, 3.63) is 65.0 Å². The van der Waals surface area contributed by atoms with Crippen molar-refractivity contribution in [1.82, 2.24) is 20.5 Å². The van der Waals surface area contributed by atoms with Gasteiger partial charge < -0.3 is 15.1 Å². The molecule has 1 fully saturated rings. The summed E-state index contributed by atoms with van der Waals surface area (Å²) in [6, 6.07) is 11.2. The summed E-state index contributed by atoms with van der Waals surface area (Å²) in [6.45, 7) is 6.23. The Hall–Kier alpha value is -2.91. The molecule has 4 rings (SSSR count). The Balaban J connectivity index is 1.32. The summed E-state index contributed by atoms with van der Waals surface area (Å²) in [7, 11) is 0. The van der Waals surface area contributed by atoms with Gasteiger partial charge in [0, 0.05) is 19.6 Å². The van der Waals surface area contributed by atoms with Crippen LogP contribution in [0.1, 0.15) is 59.5 Å². The van der Waals surface area contributed by atoms with Gasteiger partial charge in [-0.2, -0.15) is 13.2 Å². The Morgan fingerprint density at radius 1 is 1.14 bits per heavy atom. The van der Waals surface area contributed by atoms with Crippen LogP contribution in [-0.4, -0.2) is 48.5 Å². The van der Waals surface area contributed by atoms with Crippen molar-refractivity contribution in [2.75, 3.05) is 32.7 Å². The van der Waals surface area contributed by atoms with Crippen LogP contribution in [0.4, 0.5) is 13.2 Å². The van der Waals surface area contributed by atoms with E-state index in [9.17, 15) is 18.0 Å². The molecule has 9 heteroatoms. The summed E-state index contributed by atoms with van der Waals surface area (Å²) >= 11 is 0. The summed E-state index contributed by atoms with van der Waals surface area (Å²) in [5.41, 5.74) is 2.61. The third-order valence-electron chi connectivity index (χ3n) is 6.36. The molecule has 1 aliphatic heterocycles. The lowest BCUT2D eigenvalue weighted by molar-refractivity contribution is -0.137. The molecule has 2 heterocycles. The van der Waals surface area contributed by atoms with Crippen LogP contribution in [-0.2, 0) is 12.7 Å². The number of aromatic nitrogens is 1. The maximum Gasteiger partial charge on any atom is 0.416 e. The zero-order valence-corrected chi connectivity index (χ0v) is 19.8. The fraction of sp³-hybridized carbons (Fsp3) is 0.462. The summed E-state index contributed by atoms with van der Waals surface area (Å²) in [5.74, 6) is 0.139. The number of alkyl halides is 3. The van der Waals surface area contributed by atoms with E-state index in [0.29, 0.717) is 36.7 Å². The van der Waals surface area contributed by atoms with E-state index < -0.39 is 11.7 Å². The van der Waals surface area contributed by atoms with Crippen LogP contribution in [0, 0.1) is 0 Å². The number of rotatable bonds is 9. The molecule has 1 amide bonds. The van der Waals surface area contributed by atoms with Crippen molar-refractivity contribution < 1.29 is 22.4 Å². The van der Waals surface area contributed by atoms with Gasteiger partial charge in [0.15, 0.2) is 5.58 Å². The predicted molar refractivity (Wildman–Crippen MR) is 128 cm³/mol. The van der Waals surface area contributed by atoms with Crippen molar-refractivity contribution in [2.24, 2.45) is 0 Å². The number of benzene rings is 2. The predicted octanol–water partition coefficient (Wildman–Crippen LogP) is 4.96. The van der Waals surface area contributed by atoms with E-state index in [0.717, 1.165) is 56.6 Å². The summed E-state index contributed by atoms with van der Waals surface area (Å²) in [5, 5.41) is 6.21. The normalized spacial score (nSPS) is 15.1. The average Bonchev–Trinajstić information content (AvgIpc) is 3.28. The highest BCUT2D eigenvalue weighted by Crippen LogP contribution is 2.30. The molecule has 0 aliphatic carbocycles. The van der Waals surface area contributed by atoms with Gasteiger partial charge in [0.2, 0.25) is 0 Å². The molecule has 3 aromatic rings. The van der Waals surface area contributed by atoms with Gasteiger partial charge in [-0.1, -0.05) is 25.1 Å². The largest absolute Gasteiger partial charge is 0.432 e. The number of hydrogen-bond acceptors (Lipinski definition) is 5. The van der Waals surface area contributed by atoms with Crippen molar-refractivity contribution in [3.63, 3.8) is 0 Å². The van der Waals surface area contributed by atoms with Gasteiger partial charge in [0.05, 0.1) is 5.56 Å². The number of amides is 1. The number of nitrogens with one attached hydrogen (secondary N) is 2. The Bertz CT molecular complexity index is 1120. The molecule has 2 N–H and O–H groups in total. The minimum absolute atomic E-state index is 0.0345. The fourth-order valence-electron chi connectivity index (χ4n) is 4.49. The summed E-state index contributed by atoms with van der Waals surface area (Å²) in [4.78, 5) is 19.1. The van der Waals surface area contributed by atoms with Crippen LogP contribution in [0.15, 0.2) is 46.9 Å². The Morgan fingerprint density at radius 3 is 2.57 bits per heavy atom. The topological polar surface area (TPSA) is 70.4 Å². The van der Waals surface area contributed by atoms with Crippen molar-refractivity contribution >= 4 is 17.0 Å². The van der Waals surface area contributed by atoms with E-state index in [1.807, 2.05) is 19.1 Å². The first kappa shape index (κ1) is 25.2. The lowest BCUT2D eigenvalue weighted by atomic mass is 9.90. The first-order chi connectivity index (χ1) is 16.8. The first-order valence-corrected chi connectivity index (χ1v) is 12.1. The maximum atomic E-state index is 12.8. The first-order valence-electron chi connectivity index (χ1n) is 12.1. The molecule has 0 saturated carbocycles. The Morgan fingerprint density at radius 2 is 1.89 bits per heavy atom. The SMILES string of the molecule is CCCN(CCNC(=O)c1nc2ccc(C3CCNCC3)cc2o1)Cc1ccc(C(F)(F)F)cc1. The summed E-state index contributed by atoms with van der Waals surface area (Å²) in [6.07, 6.45) is -1.30. The second-order valence-corrected chi connectivity index (χ2v) is 9.00. The minimum atomic E-state index is -4.34. The van der Waals surface area contributed by atoms with Crippen molar-refractivity contribution in [2.45, 2.75) is 44.8 Å². The zero-order valence-electron chi connectivity index (χ0n) is 19.8. The number of hydrogen-bond donors (Lipinski definition) is 2. The number of halogens is 3.